The number of rotatable bonds is 6. The minimum absolute atomic E-state index is 0.0682. The van der Waals surface area contributed by atoms with Crippen molar-refractivity contribution in [2.24, 2.45) is 11.8 Å². The van der Waals surface area contributed by atoms with E-state index in [-0.39, 0.29) is 23.9 Å². The third-order valence-corrected chi connectivity index (χ3v) is 4.07. The summed E-state index contributed by atoms with van der Waals surface area (Å²) in [5.41, 5.74) is 0. The van der Waals surface area contributed by atoms with Crippen molar-refractivity contribution in [3.05, 3.63) is 0 Å². The van der Waals surface area contributed by atoms with Crippen LogP contribution in [0.3, 0.4) is 0 Å². The number of carbonyl (C=O) groups excluding carboxylic acids is 1. The molecule has 2 unspecified atom stereocenters. The molecule has 0 bridgehead atoms. The predicted octanol–water partition coefficient (Wildman–Crippen LogP) is 2.37. The van der Waals surface area contributed by atoms with E-state index in [1.54, 1.807) is 0 Å². The fourth-order valence-corrected chi connectivity index (χ4v) is 2.73. The first-order chi connectivity index (χ1) is 9.08. The van der Waals surface area contributed by atoms with Crippen LogP contribution in [-0.4, -0.2) is 29.7 Å². The van der Waals surface area contributed by atoms with E-state index in [9.17, 15) is 9.59 Å². The molecule has 0 aromatic rings. The molecule has 2 amide bonds. The lowest BCUT2D eigenvalue weighted by molar-refractivity contribution is -0.144. The zero-order chi connectivity index (χ0) is 14.3. The highest BCUT2D eigenvalue weighted by Gasteiger charge is 2.30. The third kappa shape index (κ3) is 5.09. The molecule has 0 spiro atoms. The largest absolute Gasteiger partial charge is 0.481 e. The highest BCUT2D eigenvalue weighted by Crippen LogP contribution is 2.29. The Balaban J connectivity index is 2.37. The zero-order valence-electron chi connectivity index (χ0n) is 11.9. The molecule has 3 N–H and O–H groups in total. The fourth-order valence-electron chi connectivity index (χ4n) is 2.73. The molecular formula is C14H26N2O3. The molecule has 110 valence electrons. The summed E-state index contributed by atoms with van der Waals surface area (Å²) >= 11 is 0. The quantitative estimate of drug-likeness (QED) is 0.693. The van der Waals surface area contributed by atoms with Gasteiger partial charge >= 0.3 is 12.0 Å². The molecule has 1 rings (SSSR count). The molecule has 5 nitrogen and oxygen atoms in total. The number of hydrogen-bond acceptors (Lipinski definition) is 2. The van der Waals surface area contributed by atoms with Crippen LogP contribution in [0.4, 0.5) is 4.79 Å². The Hall–Kier alpha value is -1.26. The van der Waals surface area contributed by atoms with Crippen molar-refractivity contribution in [1.82, 2.24) is 10.6 Å². The SMILES string of the molecule is CCC(CC)NC(=O)NCC1CCCCC1C(=O)O. The Morgan fingerprint density at radius 2 is 1.84 bits per heavy atom. The summed E-state index contributed by atoms with van der Waals surface area (Å²) in [6, 6.07) is 0.0186. The van der Waals surface area contributed by atoms with Crippen molar-refractivity contribution in [2.75, 3.05) is 6.54 Å². The predicted molar refractivity (Wildman–Crippen MR) is 74.0 cm³/mol. The van der Waals surface area contributed by atoms with Crippen LogP contribution < -0.4 is 10.6 Å². The van der Waals surface area contributed by atoms with Crippen LogP contribution in [0.2, 0.25) is 0 Å². The number of hydrogen-bond donors (Lipinski definition) is 3. The summed E-state index contributed by atoms with van der Waals surface area (Å²) < 4.78 is 0. The van der Waals surface area contributed by atoms with Crippen molar-refractivity contribution in [3.63, 3.8) is 0 Å². The molecule has 0 radical (unpaired) electrons. The topological polar surface area (TPSA) is 78.4 Å². The molecule has 2 atom stereocenters. The van der Waals surface area contributed by atoms with Crippen LogP contribution in [0.1, 0.15) is 52.4 Å². The molecule has 1 fully saturated rings. The second kappa shape index (κ2) is 8.02. The van der Waals surface area contributed by atoms with Gasteiger partial charge in [-0.1, -0.05) is 26.7 Å². The van der Waals surface area contributed by atoms with Crippen molar-refractivity contribution in [2.45, 2.75) is 58.4 Å². The Labute approximate surface area is 115 Å². The summed E-state index contributed by atoms with van der Waals surface area (Å²) in [5.74, 6) is -0.965. The van der Waals surface area contributed by atoms with Gasteiger partial charge < -0.3 is 15.7 Å². The molecule has 0 aliphatic heterocycles. The summed E-state index contributed by atoms with van der Waals surface area (Å²) in [4.78, 5) is 22.9. The monoisotopic (exact) mass is 270 g/mol. The Kier molecular flexibility index (Phi) is 6.67. The van der Waals surface area contributed by atoms with Gasteiger partial charge in [-0.3, -0.25) is 4.79 Å². The van der Waals surface area contributed by atoms with Gasteiger partial charge in [-0.15, -0.1) is 0 Å². The first-order valence-electron chi connectivity index (χ1n) is 7.35. The zero-order valence-corrected chi connectivity index (χ0v) is 11.9. The second-order valence-electron chi connectivity index (χ2n) is 5.36. The number of carboxylic acids is 1. The first kappa shape index (κ1) is 15.8. The van der Waals surface area contributed by atoms with Crippen molar-refractivity contribution in [3.8, 4) is 0 Å². The molecule has 1 aliphatic rings. The van der Waals surface area contributed by atoms with E-state index in [1.807, 2.05) is 13.8 Å². The van der Waals surface area contributed by atoms with E-state index >= 15 is 0 Å². The number of carboxylic acid groups (broad SMARTS) is 1. The average molecular weight is 270 g/mol. The fraction of sp³-hybridized carbons (Fsp3) is 0.857. The minimum atomic E-state index is -0.730. The number of carbonyl (C=O) groups is 2. The van der Waals surface area contributed by atoms with Gasteiger partial charge in [0.05, 0.1) is 5.92 Å². The van der Waals surface area contributed by atoms with Crippen LogP contribution in [0, 0.1) is 11.8 Å². The van der Waals surface area contributed by atoms with E-state index < -0.39 is 5.97 Å². The van der Waals surface area contributed by atoms with Gasteiger partial charge in [0.2, 0.25) is 0 Å². The lowest BCUT2D eigenvalue weighted by Crippen LogP contribution is -2.45. The number of amides is 2. The highest BCUT2D eigenvalue weighted by molar-refractivity contribution is 5.74. The smallest absolute Gasteiger partial charge is 0.315 e. The van der Waals surface area contributed by atoms with Crippen molar-refractivity contribution >= 4 is 12.0 Å². The maximum atomic E-state index is 11.7. The van der Waals surface area contributed by atoms with E-state index in [2.05, 4.69) is 10.6 Å². The standard InChI is InChI=1S/C14H26N2O3/c1-3-11(4-2)16-14(19)15-9-10-7-5-6-8-12(10)13(17)18/h10-12H,3-9H2,1-2H3,(H,17,18)(H2,15,16,19). The van der Waals surface area contributed by atoms with Gasteiger partial charge in [0.1, 0.15) is 0 Å². The summed E-state index contributed by atoms with van der Waals surface area (Å²) in [6.45, 7) is 4.54. The maximum Gasteiger partial charge on any atom is 0.315 e. The second-order valence-corrected chi connectivity index (χ2v) is 5.36. The van der Waals surface area contributed by atoms with Gasteiger partial charge in [0, 0.05) is 12.6 Å². The van der Waals surface area contributed by atoms with Crippen molar-refractivity contribution < 1.29 is 14.7 Å². The lowest BCUT2D eigenvalue weighted by Gasteiger charge is -2.28. The molecule has 1 saturated carbocycles. The maximum absolute atomic E-state index is 11.7. The minimum Gasteiger partial charge on any atom is -0.481 e. The number of aliphatic carboxylic acids is 1. The van der Waals surface area contributed by atoms with E-state index in [0.29, 0.717) is 6.54 Å². The molecule has 0 heterocycles. The summed E-state index contributed by atoms with van der Waals surface area (Å²) in [5, 5.41) is 14.9. The van der Waals surface area contributed by atoms with Crippen LogP contribution in [-0.2, 0) is 4.79 Å². The highest BCUT2D eigenvalue weighted by atomic mass is 16.4. The summed E-state index contributed by atoms with van der Waals surface area (Å²) in [7, 11) is 0. The van der Waals surface area contributed by atoms with Gasteiger partial charge in [0.15, 0.2) is 0 Å². The van der Waals surface area contributed by atoms with E-state index in [0.717, 1.165) is 38.5 Å². The normalized spacial score (nSPS) is 23.1. The molecular weight excluding hydrogens is 244 g/mol. The first-order valence-corrected chi connectivity index (χ1v) is 7.35. The number of nitrogens with one attached hydrogen (secondary N) is 2. The Morgan fingerprint density at radius 1 is 1.21 bits per heavy atom. The Morgan fingerprint density at radius 3 is 2.42 bits per heavy atom. The van der Waals surface area contributed by atoms with Gasteiger partial charge in [0.25, 0.3) is 0 Å². The van der Waals surface area contributed by atoms with Crippen LogP contribution >= 0.6 is 0 Å². The van der Waals surface area contributed by atoms with Gasteiger partial charge in [-0.05, 0) is 31.6 Å². The lowest BCUT2D eigenvalue weighted by atomic mass is 9.79. The van der Waals surface area contributed by atoms with Crippen LogP contribution in [0.25, 0.3) is 0 Å². The van der Waals surface area contributed by atoms with E-state index in [1.165, 1.54) is 0 Å². The van der Waals surface area contributed by atoms with Gasteiger partial charge in [-0.2, -0.15) is 0 Å². The Bertz CT molecular complexity index is 303. The van der Waals surface area contributed by atoms with Gasteiger partial charge in [-0.25, -0.2) is 4.79 Å². The van der Waals surface area contributed by atoms with Crippen LogP contribution in [0.15, 0.2) is 0 Å². The molecule has 19 heavy (non-hydrogen) atoms. The third-order valence-electron chi connectivity index (χ3n) is 4.07. The molecule has 0 saturated heterocycles. The van der Waals surface area contributed by atoms with Crippen LogP contribution in [0.5, 0.6) is 0 Å². The summed E-state index contributed by atoms with van der Waals surface area (Å²) in [6.07, 6.45) is 5.48. The molecule has 0 aromatic heterocycles. The molecule has 0 aromatic carbocycles. The average Bonchev–Trinajstić information content (AvgIpc) is 2.42. The van der Waals surface area contributed by atoms with E-state index in [4.69, 9.17) is 5.11 Å². The molecule has 5 heteroatoms. The number of urea groups is 1. The van der Waals surface area contributed by atoms with Crippen molar-refractivity contribution in [1.29, 1.82) is 0 Å². The molecule has 1 aliphatic carbocycles.